The maximum absolute atomic E-state index is 12.8. The van der Waals surface area contributed by atoms with Crippen molar-refractivity contribution in [3.8, 4) is 5.75 Å². The Hall–Kier alpha value is -2.05. The van der Waals surface area contributed by atoms with E-state index in [0.717, 1.165) is 49.2 Å². The van der Waals surface area contributed by atoms with Crippen molar-refractivity contribution in [2.45, 2.75) is 50.2 Å². The molecule has 4 rings (SSSR count). The van der Waals surface area contributed by atoms with Gasteiger partial charge in [0, 0.05) is 12.2 Å². The van der Waals surface area contributed by atoms with Gasteiger partial charge in [-0.3, -0.25) is 4.72 Å². The van der Waals surface area contributed by atoms with E-state index in [1.54, 1.807) is 18.2 Å². The van der Waals surface area contributed by atoms with E-state index < -0.39 is 10.0 Å². The number of anilines is 1. The Bertz CT molecular complexity index is 952. The van der Waals surface area contributed by atoms with E-state index >= 15 is 0 Å². The minimum absolute atomic E-state index is 0.206. The highest BCUT2D eigenvalue weighted by atomic mass is 32.2. The number of benzene rings is 2. The van der Waals surface area contributed by atoms with Crippen LogP contribution in [0.15, 0.2) is 41.3 Å². The molecule has 2 aliphatic rings. The van der Waals surface area contributed by atoms with Crippen LogP contribution in [0, 0.1) is 0 Å². The maximum Gasteiger partial charge on any atom is 0.261 e. The van der Waals surface area contributed by atoms with Crippen molar-refractivity contribution in [3.05, 3.63) is 53.1 Å². The van der Waals surface area contributed by atoms with Gasteiger partial charge in [0.2, 0.25) is 0 Å². The number of hydrogen-bond donors (Lipinski definition) is 2. The normalized spacial score (nSPS) is 18.4. The molecule has 0 bridgehead atoms. The zero-order valence-electron chi connectivity index (χ0n) is 15.1. The highest BCUT2D eigenvalue weighted by Crippen LogP contribution is 2.34. The number of fused-ring (bicyclic) bond motifs is 2. The van der Waals surface area contributed by atoms with Crippen LogP contribution in [0.1, 0.15) is 37.0 Å². The molecule has 5 nitrogen and oxygen atoms in total. The Morgan fingerprint density at radius 1 is 1.04 bits per heavy atom. The van der Waals surface area contributed by atoms with Gasteiger partial charge < -0.3 is 10.1 Å². The van der Waals surface area contributed by atoms with Crippen molar-refractivity contribution in [1.29, 1.82) is 0 Å². The lowest BCUT2D eigenvalue weighted by molar-refractivity contribution is 0.0845. The molecule has 0 aliphatic carbocycles. The van der Waals surface area contributed by atoms with Crippen LogP contribution in [0.4, 0.5) is 5.69 Å². The number of nitrogens with one attached hydrogen (secondary N) is 2. The second kappa shape index (κ2) is 6.28. The first-order chi connectivity index (χ1) is 12.3. The van der Waals surface area contributed by atoms with Gasteiger partial charge in [-0.05, 0) is 86.7 Å². The highest BCUT2D eigenvalue weighted by molar-refractivity contribution is 7.92. The molecule has 2 aromatic rings. The largest absolute Gasteiger partial charge is 0.488 e. The van der Waals surface area contributed by atoms with Crippen LogP contribution in [0.25, 0.3) is 0 Å². The van der Waals surface area contributed by atoms with E-state index in [1.807, 2.05) is 32.0 Å². The van der Waals surface area contributed by atoms with Crippen LogP contribution in [0.5, 0.6) is 5.75 Å². The van der Waals surface area contributed by atoms with Crippen molar-refractivity contribution in [1.82, 2.24) is 5.32 Å². The van der Waals surface area contributed by atoms with Crippen molar-refractivity contribution < 1.29 is 13.2 Å². The van der Waals surface area contributed by atoms with Gasteiger partial charge in [-0.1, -0.05) is 6.07 Å². The molecule has 0 radical (unpaired) electrons. The Morgan fingerprint density at radius 3 is 2.73 bits per heavy atom. The Balaban J connectivity index is 1.59. The number of hydrogen-bond acceptors (Lipinski definition) is 4. The molecule has 2 heterocycles. The van der Waals surface area contributed by atoms with Crippen molar-refractivity contribution in [3.63, 3.8) is 0 Å². The van der Waals surface area contributed by atoms with Crippen LogP contribution in [-0.4, -0.2) is 20.6 Å². The zero-order chi connectivity index (χ0) is 18.4. The Kier molecular flexibility index (Phi) is 4.20. The van der Waals surface area contributed by atoms with Crippen molar-refractivity contribution in [2.75, 3.05) is 11.3 Å². The molecular weight excluding hydrogens is 348 g/mol. The fourth-order valence-corrected chi connectivity index (χ4v) is 4.66. The molecular formula is C20H24N2O3S. The molecule has 138 valence electrons. The third-order valence-electron chi connectivity index (χ3n) is 5.07. The second-order valence-electron chi connectivity index (χ2n) is 7.65. The van der Waals surface area contributed by atoms with Crippen LogP contribution in [-0.2, 0) is 29.4 Å². The average molecular weight is 372 g/mol. The van der Waals surface area contributed by atoms with E-state index in [4.69, 9.17) is 4.74 Å². The van der Waals surface area contributed by atoms with Crippen molar-refractivity contribution in [2.24, 2.45) is 0 Å². The molecule has 0 fully saturated rings. The summed E-state index contributed by atoms with van der Waals surface area (Å²) in [5.41, 5.74) is 3.77. The summed E-state index contributed by atoms with van der Waals surface area (Å²) in [5.74, 6) is 0.778. The van der Waals surface area contributed by atoms with E-state index in [2.05, 4.69) is 10.0 Å². The second-order valence-corrected chi connectivity index (χ2v) is 9.33. The van der Waals surface area contributed by atoms with Gasteiger partial charge in [0.15, 0.2) is 0 Å². The fraction of sp³-hybridized carbons (Fsp3) is 0.400. The van der Waals surface area contributed by atoms with E-state index in [-0.39, 0.29) is 10.5 Å². The summed E-state index contributed by atoms with van der Waals surface area (Å²) < 4.78 is 34.3. The molecule has 0 saturated heterocycles. The predicted molar refractivity (Wildman–Crippen MR) is 102 cm³/mol. The molecule has 0 unspecified atom stereocenters. The van der Waals surface area contributed by atoms with Gasteiger partial charge in [0.25, 0.3) is 10.0 Å². The number of sulfonamides is 1. The lowest BCUT2D eigenvalue weighted by Gasteiger charge is -2.32. The SMILES string of the molecule is CC1(C)CCc2cc(S(=O)(=O)Nc3ccc4c(c3)CNCC4)ccc2O1. The molecule has 2 aliphatic heterocycles. The van der Waals surface area contributed by atoms with Crippen LogP contribution < -0.4 is 14.8 Å². The summed E-state index contributed by atoms with van der Waals surface area (Å²) >= 11 is 0. The monoisotopic (exact) mass is 372 g/mol. The van der Waals surface area contributed by atoms with Gasteiger partial charge in [0.1, 0.15) is 11.4 Å². The summed E-state index contributed by atoms with van der Waals surface area (Å²) in [7, 11) is -3.63. The van der Waals surface area contributed by atoms with Gasteiger partial charge in [-0.2, -0.15) is 0 Å². The Labute approximate surface area is 154 Å². The molecule has 0 atom stereocenters. The topological polar surface area (TPSA) is 67.4 Å². The summed E-state index contributed by atoms with van der Waals surface area (Å²) in [6, 6.07) is 10.9. The van der Waals surface area contributed by atoms with Crippen LogP contribution >= 0.6 is 0 Å². The smallest absolute Gasteiger partial charge is 0.261 e. The third-order valence-corrected chi connectivity index (χ3v) is 6.45. The lowest BCUT2D eigenvalue weighted by Crippen LogP contribution is -2.32. The summed E-state index contributed by atoms with van der Waals surface area (Å²) in [5, 5.41) is 3.31. The van der Waals surface area contributed by atoms with Gasteiger partial charge in [-0.15, -0.1) is 0 Å². The molecule has 6 heteroatoms. The fourth-order valence-electron chi connectivity index (χ4n) is 3.56. The molecule has 0 saturated carbocycles. The van der Waals surface area contributed by atoms with E-state index in [1.165, 1.54) is 5.56 Å². The van der Waals surface area contributed by atoms with Gasteiger partial charge >= 0.3 is 0 Å². The molecule has 2 aromatic carbocycles. The lowest BCUT2D eigenvalue weighted by atomic mass is 9.94. The summed E-state index contributed by atoms with van der Waals surface area (Å²) in [6.07, 6.45) is 2.66. The van der Waals surface area contributed by atoms with Crippen LogP contribution in [0.3, 0.4) is 0 Å². The number of rotatable bonds is 3. The molecule has 2 N–H and O–H groups in total. The van der Waals surface area contributed by atoms with E-state index in [0.29, 0.717) is 5.69 Å². The van der Waals surface area contributed by atoms with Gasteiger partial charge in [0.05, 0.1) is 4.90 Å². The third kappa shape index (κ3) is 3.44. The first-order valence-electron chi connectivity index (χ1n) is 9.00. The van der Waals surface area contributed by atoms with Gasteiger partial charge in [-0.25, -0.2) is 8.42 Å². The first kappa shape index (κ1) is 17.4. The molecule has 0 aromatic heterocycles. The number of ether oxygens (including phenoxy) is 1. The average Bonchev–Trinajstić information content (AvgIpc) is 2.60. The highest BCUT2D eigenvalue weighted by Gasteiger charge is 2.28. The minimum atomic E-state index is -3.63. The first-order valence-corrected chi connectivity index (χ1v) is 10.5. The Morgan fingerprint density at radius 2 is 1.88 bits per heavy atom. The van der Waals surface area contributed by atoms with Crippen LogP contribution in [0.2, 0.25) is 0 Å². The quantitative estimate of drug-likeness (QED) is 0.868. The summed E-state index contributed by atoms with van der Waals surface area (Å²) in [6.45, 7) is 5.84. The minimum Gasteiger partial charge on any atom is -0.488 e. The zero-order valence-corrected chi connectivity index (χ0v) is 15.9. The standard InChI is InChI=1S/C20H24N2O3S/c1-20(2)9-7-15-12-18(5-6-19(15)25-20)26(23,24)22-17-4-3-14-8-10-21-13-16(14)11-17/h3-6,11-12,21-22H,7-10,13H2,1-2H3. The van der Waals surface area contributed by atoms with Crippen molar-refractivity contribution >= 4 is 15.7 Å². The number of aryl methyl sites for hydroxylation is 1. The maximum atomic E-state index is 12.8. The molecule has 26 heavy (non-hydrogen) atoms. The molecule has 0 amide bonds. The molecule has 0 spiro atoms. The van der Waals surface area contributed by atoms with E-state index in [9.17, 15) is 8.42 Å². The predicted octanol–water partition coefficient (Wildman–Crippen LogP) is 3.24. The summed E-state index contributed by atoms with van der Waals surface area (Å²) in [4.78, 5) is 0.274.